The van der Waals surface area contributed by atoms with Crippen molar-refractivity contribution in [3.8, 4) is 23.1 Å². The van der Waals surface area contributed by atoms with Crippen LogP contribution in [-0.4, -0.2) is 19.7 Å². The molecule has 6 heteroatoms. The molecule has 0 aliphatic rings. The van der Waals surface area contributed by atoms with Gasteiger partial charge in [0.2, 0.25) is 0 Å². The van der Waals surface area contributed by atoms with Crippen molar-refractivity contribution in [3.05, 3.63) is 54.6 Å². The zero-order valence-electron chi connectivity index (χ0n) is 10.4. The second-order valence-corrected chi connectivity index (χ2v) is 4.14. The van der Waals surface area contributed by atoms with E-state index in [1.54, 1.807) is 36.9 Å². The summed E-state index contributed by atoms with van der Waals surface area (Å²) >= 11 is 0. The maximum Gasteiger partial charge on any atom is 0.181 e. The third kappa shape index (κ3) is 2.08. The van der Waals surface area contributed by atoms with Gasteiger partial charge in [0.05, 0.1) is 11.8 Å². The van der Waals surface area contributed by atoms with E-state index in [1.165, 1.54) is 4.68 Å². The molecule has 20 heavy (non-hydrogen) atoms. The highest BCUT2D eigenvalue weighted by Crippen LogP contribution is 2.19. The van der Waals surface area contributed by atoms with Crippen LogP contribution in [0.4, 0.5) is 5.69 Å². The Morgan fingerprint density at radius 2 is 2.15 bits per heavy atom. The highest BCUT2D eigenvalue weighted by molar-refractivity contribution is 5.60. The molecule has 0 atom stereocenters. The molecule has 2 heterocycles. The molecule has 3 rings (SSSR count). The van der Waals surface area contributed by atoms with Crippen molar-refractivity contribution in [2.45, 2.75) is 0 Å². The van der Waals surface area contributed by atoms with E-state index < -0.39 is 0 Å². The maximum atomic E-state index is 9.08. The smallest absolute Gasteiger partial charge is 0.181 e. The number of hydrogen-bond donors (Lipinski definition) is 1. The lowest BCUT2D eigenvalue weighted by Crippen LogP contribution is -1.99. The van der Waals surface area contributed by atoms with Gasteiger partial charge in [-0.15, -0.1) is 5.10 Å². The van der Waals surface area contributed by atoms with Gasteiger partial charge in [-0.1, -0.05) is 12.1 Å². The number of nitrogens with two attached hydrogens (primary N) is 1. The summed E-state index contributed by atoms with van der Waals surface area (Å²) in [5.74, 6) is 0.546. The quantitative estimate of drug-likeness (QED) is 0.710. The first-order chi connectivity index (χ1) is 9.78. The zero-order valence-corrected chi connectivity index (χ0v) is 10.4. The van der Waals surface area contributed by atoms with Crippen molar-refractivity contribution < 1.29 is 0 Å². The van der Waals surface area contributed by atoms with Crippen LogP contribution in [0.3, 0.4) is 0 Å². The molecule has 1 aromatic carbocycles. The van der Waals surface area contributed by atoms with E-state index in [1.807, 2.05) is 12.1 Å². The van der Waals surface area contributed by atoms with Crippen LogP contribution < -0.4 is 5.73 Å². The monoisotopic (exact) mass is 262 g/mol. The van der Waals surface area contributed by atoms with E-state index in [2.05, 4.69) is 21.1 Å². The van der Waals surface area contributed by atoms with Crippen LogP contribution in [0.15, 0.2) is 49.1 Å². The van der Waals surface area contributed by atoms with Crippen molar-refractivity contribution in [1.29, 1.82) is 5.26 Å². The maximum absolute atomic E-state index is 9.08. The SMILES string of the molecule is N#Cc1ccncc1-n1cnc(-c2cccc(N)c2)n1. The first-order valence-electron chi connectivity index (χ1n) is 5.90. The number of benzene rings is 1. The Bertz CT molecular complexity index is 799. The third-order valence-corrected chi connectivity index (χ3v) is 2.80. The summed E-state index contributed by atoms with van der Waals surface area (Å²) in [4.78, 5) is 8.24. The Kier molecular flexibility index (Phi) is 2.86. The molecule has 2 N–H and O–H groups in total. The van der Waals surface area contributed by atoms with Gasteiger partial charge in [-0.05, 0) is 18.2 Å². The fraction of sp³-hybridized carbons (Fsp3) is 0. The fourth-order valence-electron chi connectivity index (χ4n) is 1.85. The molecule has 0 fully saturated rings. The minimum atomic E-state index is 0.490. The molecule has 0 spiro atoms. The van der Waals surface area contributed by atoms with Crippen LogP contribution in [0.1, 0.15) is 5.56 Å². The average Bonchev–Trinajstić information content (AvgIpc) is 2.97. The Morgan fingerprint density at radius 3 is 2.95 bits per heavy atom. The lowest BCUT2D eigenvalue weighted by molar-refractivity contribution is 0.872. The van der Waals surface area contributed by atoms with Gasteiger partial charge < -0.3 is 5.73 Å². The molecule has 0 saturated carbocycles. The minimum Gasteiger partial charge on any atom is -0.399 e. The van der Waals surface area contributed by atoms with E-state index in [9.17, 15) is 0 Å². The first kappa shape index (κ1) is 11.9. The number of rotatable bonds is 2. The Balaban J connectivity index is 2.05. The minimum absolute atomic E-state index is 0.490. The van der Waals surface area contributed by atoms with Gasteiger partial charge >= 0.3 is 0 Å². The molecule has 0 bridgehead atoms. The lowest BCUT2D eigenvalue weighted by Gasteiger charge is -2.01. The number of anilines is 1. The standard InChI is InChI=1S/C14H10N6/c15-7-11-4-5-17-8-13(11)20-9-18-14(19-20)10-2-1-3-12(16)6-10/h1-6,8-9H,16H2. The molecule has 3 aromatic rings. The second-order valence-electron chi connectivity index (χ2n) is 4.14. The number of pyridine rings is 1. The normalized spacial score (nSPS) is 10.2. The third-order valence-electron chi connectivity index (χ3n) is 2.80. The summed E-state index contributed by atoms with van der Waals surface area (Å²) in [6.07, 6.45) is 4.70. The van der Waals surface area contributed by atoms with Crippen molar-refractivity contribution in [2.24, 2.45) is 0 Å². The molecule has 0 aliphatic carbocycles. The molecule has 0 aliphatic heterocycles. The first-order valence-corrected chi connectivity index (χ1v) is 5.90. The van der Waals surface area contributed by atoms with Gasteiger partial charge in [-0.2, -0.15) is 5.26 Å². The number of hydrogen-bond acceptors (Lipinski definition) is 5. The van der Waals surface area contributed by atoms with Crippen molar-refractivity contribution in [2.75, 3.05) is 5.73 Å². The highest BCUT2D eigenvalue weighted by atomic mass is 15.3. The summed E-state index contributed by atoms with van der Waals surface area (Å²) in [6, 6.07) is 11.1. The topological polar surface area (TPSA) is 93.4 Å². The van der Waals surface area contributed by atoms with Crippen LogP contribution in [0, 0.1) is 11.3 Å². The van der Waals surface area contributed by atoms with Crippen LogP contribution in [0.5, 0.6) is 0 Å². The molecule has 2 aromatic heterocycles. The molecule has 96 valence electrons. The molecule has 0 unspecified atom stereocenters. The number of nitrogens with zero attached hydrogens (tertiary/aromatic N) is 5. The van der Waals surface area contributed by atoms with Crippen molar-refractivity contribution in [1.82, 2.24) is 19.7 Å². The summed E-state index contributed by atoms with van der Waals surface area (Å²) in [6.45, 7) is 0. The highest BCUT2D eigenvalue weighted by Gasteiger charge is 2.09. The van der Waals surface area contributed by atoms with E-state index in [0.717, 1.165) is 5.56 Å². The Hall–Kier alpha value is -3.20. The lowest BCUT2D eigenvalue weighted by atomic mass is 10.2. The van der Waals surface area contributed by atoms with Gasteiger partial charge in [0.1, 0.15) is 18.1 Å². The summed E-state index contributed by atoms with van der Waals surface area (Å²) in [7, 11) is 0. The van der Waals surface area contributed by atoms with Gasteiger partial charge in [0.25, 0.3) is 0 Å². The average molecular weight is 262 g/mol. The predicted molar refractivity (Wildman–Crippen MR) is 73.7 cm³/mol. The van der Waals surface area contributed by atoms with Crippen molar-refractivity contribution >= 4 is 5.69 Å². The van der Waals surface area contributed by atoms with E-state index in [-0.39, 0.29) is 0 Å². The summed E-state index contributed by atoms with van der Waals surface area (Å²) in [5.41, 5.74) is 8.30. The van der Waals surface area contributed by atoms with Crippen LogP contribution in [0.2, 0.25) is 0 Å². The van der Waals surface area contributed by atoms with Crippen LogP contribution >= 0.6 is 0 Å². The van der Waals surface area contributed by atoms with E-state index in [4.69, 9.17) is 11.0 Å². The number of aromatic nitrogens is 4. The summed E-state index contributed by atoms with van der Waals surface area (Å²) < 4.78 is 1.53. The van der Waals surface area contributed by atoms with Crippen LogP contribution in [-0.2, 0) is 0 Å². The van der Waals surface area contributed by atoms with E-state index in [0.29, 0.717) is 22.8 Å². The van der Waals surface area contributed by atoms with Gasteiger partial charge in [-0.25, -0.2) is 9.67 Å². The molecule has 0 amide bonds. The van der Waals surface area contributed by atoms with Gasteiger partial charge in [-0.3, -0.25) is 4.98 Å². The number of nitriles is 1. The van der Waals surface area contributed by atoms with Crippen molar-refractivity contribution in [3.63, 3.8) is 0 Å². The largest absolute Gasteiger partial charge is 0.399 e. The molecular weight excluding hydrogens is 252 g/mol. The molecule has 6 nitrogen and oxygen atoms in total. The van der Waals surface area contributed by atoms with Crippen LogP contribution in [0.25, 0.3) is 17.1 Å². The molecular formula is C14H10N6. The Morgan fingerprint density at radius 1 is 1.25 bits per heavy atom. The van der Waals surface area contributed by atoms with Gasteiger partial charge in [0.15, 0.2) is 5.82 Å². The second kappa shape index (κ2) is 4.82. The Labute approximate surface area is 115 Å². The van der Waals surface area contributed by atoms with E-state index >= 15 is 0 Å². The molecule has 0 saturated heterocycles. The van der Waals surface area contributed by atoms with Gasteiger partial charge in [0, 0.05) is 17.4 Å². The summed E-state index contributed by atoms with van der Waals surface area (Å²) in [5, 5.41) is 13.4. The fourth-order valence-corrected chi connectivity index (χ4v) is 1.85. The number of nitrogen functional groups attached to an aromatic ring is 1. The predicted octanol–water partition coefficient (Wildman–Crippen LogP) is 1.78. The zero-order chi connectivity index (χ0) is 13.9. The molecule has 0 radical (unpaired) electrons.